The first kappa shape index (κ1) is 16.9. The van der Waals surface area contributed by atoms with Crippen molar-refractivity contribution in [2.75, 3.05) is 29.1 Å². The van der Waals surface area contributed by atoms with Crippen molar-refractivity contribution in [1.82, 2.24) is 15.0 Å². The fourth-order valence-electron chi connectivity index (χ4n) is 2.87. The van der Waals surface area contributed by atoms with E-state index in [2.05, 4.69) is 32.9 Å². The summed E-state index contributed by atoms with van der Waals surface area (Å²) in [6.45, 7) is 2.84. The number of nitrogens with zero attached hydrogens (tertiary/aromatic N) is 4. The van der Waals surface area contributed by atoms with E-state index in [0.717, 1.165) is 25.1 Å². The molecule has 1 aromatic carbocycles. The van der Waals surface area contributed by atoms with E-state index in [4.69, 9.17) is 0 Å². The van der Waals surface area contributed by atoms with Crippen LogP contribution < -0.4 is 15.5 Å². The fourth-order valence-corrected chi connectivity index (χ4v) is 2.87. The summed E-state index contributed by atoms with van der Waals surface area (Å²) in [5, 5.41) is 13.2. The van der Waals surface area contributed by atoms with Crippen LogP contribution in [0.3, 0.4) is 0 Å². The lowest BCUT2D eigenvalue weighted by molar-refractivity contribution is -0.117. The van der Waals surface area contributed by atoms with Gasteiger partial charge < -0.3 is 15.5 Å². The van der Waals surface area contributed by atoms with Crippen LogP contribution in [0.1, 0.15) is 25.3 Å². The highest BCUT2D eigenvalue weighted by Crippen LogP contribution is 2.28. The molecule has 8 nitrogen and oxygen atoms in total. The monoisotopic (exact) mass is 342 g/mol. The summed E-state index contributed by atoms with van der Waals surface area (Å²) in [5.74, 6) is 0.00868. The maximum absolute atomic E-state index is 12.2. The van der Waals surface area contributed by atoms with Gasteiger partial charge in [0, 0.05) is 31.4 Å². The van der Waals surface area contributed by atoms with Crippen molar-refractivity contribution in [3.05, 3.63) is 30.0 Å². The Hall–Kier alpha value is -2.90. The van der Waals surface area contributed by atoms with Gasteiger partial charge in [0.15, 0.2) is 5.82 Å². The Labute approximate surface area is 146 Å². The summed E-state index contributed by atoms with van der Waals surface area (Å²) < 4.78 is 1.40. The second kappa shape index (κ2) is 7.33. The zero-order valence-electron chi connectivity index (χ0n) is 14.5. The zero-order chi connectivity index (χ0) is 17.8. The van der Waals surface area contributed by atoms with Gasteiger partial charge in [0.25, 0.3) is 0 Å². The number of nitrogens with one attached hydrogen (secondary N) is 2. The Morgan fingerprint density at radius 2 is 2.08 bits per heavy atom. The smallest absolute Gasteiger partial charge is 0.246 e. The van der Waals surface area contributed by atoms with E-state index >= 15 is 0 Å². The van der Waals surface area contributed by atoms with E-state index in [0.29, 0.717) is 12.2 Å². The third-order valence-corrected chi connectivity index (χ3v) is 4.15. The molecule has 1 aromatic heterocycles. The molecule has 0 spiro atoms. The number of aryl methyl sites for hydroxylation is 1. The van der Waals surface area contributed by atoms with Gasteiger partial charge in [0.05, 0.1) is 6.20 Å². The summed E-state index contributed by atoms with van der Waals surface area (Å²) in [4.78, 5) is 25.8. The highest BCUT2D eigenvalue weighted by molar-refractivity contribution is 5.91. The average Bonchev–Trinajstić information content (AvgIpc) is 3.01. The average molecular weight is 342 g/mol. The molecule has 1 aliphatic heterocycles. The van der Waals surface area contributed by atoms with Gasteiger partial charge >= 0.3 is 0 Å². The van der Waals surface area contributed by atoms with Crippen molar-refractivity contribution in [2.24, 2.45) is 0 Å². The molecular weight excluding hydrogens is 320 g/mol. The number of carbonyl (C=O) groups is 2. The molecule has 0 atom stereocenters. The predicted octanol–water partition coefficient (Wildman–Crippen LogP) is 1.65. The Kier molecular flexibility index (Phi) is 4.97. The molecule has 2 N–H and O–H groups in total. The second-order valence-electron chi connectivity index (χ2n) is 6.12. The molecule has 2 aromatic rings. The number of amides is 2. The summed E-state index contributed by atoms with van der Waals surface area (Å²) in [6.07, 6.45) is 4.04. The summed E-state index contributed by atoms with van der Waals surface area (Å²) >= 11 is 0. The van der Waals surface area contributed by atoms with E-state index in [1.54, 1.807) is 6.92 Å². The van der Waals surface area contributed by atoms with Crippen LogP contribution in [0, 0.1) is 0 Å². The molecule has 1 aliphatic rings. The summed E-state index contributed by atoms with van der Waals surface area (Å²) in [6, 6.07) is 5.97. The first-order chi connectivity index (χ1) is 12.0. The van der Waals surface area contributed by atoms with E-state index in [1.165, 1.54) is 22.1 Å². The SMILES string of the molecule is CCC(=O)Nc1cn(CC(=O)Nc2ccc3c(c2)CCCN3C)nn1. The first-order valence-electron chi connectivity index (χ1n) is 8.39. The van der Waals surface area contributed by atoms with E-state index in [1.807, 2.05) is 18.2 Å². The van der Waals surface area contributed by atoms with Crippen molar-refractivity contribution in [3.8, 4) is 0 Å². The zero-order valence-corrected chi connectivity index (χ0v) is 14.5. The molecule has 0 fully saturated rings. The Bertz CT molecular complexity index is 785. The maximum Gasteiger partial charge on any atom is 0.246 e. The van der Waals surface area contributed by atoms with Crippen molar-refractivity contribution < 1.29 is 9.59 Å². The maximum atomic E-state index is 12.2. The van der Waals surface area contributed by atoms with Gasteiger partial charge in [-0.05, 0) is 36.6 Å². The minimum Gasteiger partial charge on any atom is -0.374 e. The third kappa shape index (κ3) is 4.14. The van der Waals surface area contributed by atoms with Crippen molar-refractivity contribution in [3.63, 3.8) is 0 Å². The molecule has 25 heavy (non-hydrogen) atoms. The summed E-state index contributed by atoms with van der Waals surface area (Å²) in [5.41, 5.74) is 3.24. The van der Waals surface area contributed by atoms with Crippen molar-refractivity contribution in [2.45, 2.75) is 32.7 Å². The Morgan fingerprint density at radius 1 is 1.24 bits per heavy atom. The van der Waals surface area contributed by atoms with Gasteiger partial charge in [-0.1, -0.05) is 12.1 Å². The lowest BCUT2D eigenvalue weighted by Gasteiger charge is -2.27. The van der Waals surface area contributed by atoms with Crippen LogP contribution in [0.15, 0.2) is 24.4 Å². The Morgan fingerprint density at radius 3 is 2.88 bits per heavy atom. The van der Waals surface area contributed by atoms with Crippen LogP contribution in [0.2, 0.25) is 0 Å². The summed E-state index contributed by atoms with van der Waals surface area (Å²) in [7, 11) is 2.08. The van der Waals surface area contributed by atoms with E-state index < -0.39 is 0 Å². The van der Waals surface area contributed by atoms with Crippen LogP contribution in [-0.4, -0.2) is 40.4 Å². The lowest BCUT2D eigenvalue weighted by Crippen LogP contribution is -2.25. The molecule has 0 aliphatic carbocycles. The third-order valence-electron chi connectivity index (χ3n) is 4.15. The quantitative estimate of drug-likeness (QED) is 0.862. The van der Waals surface area contributed by atoms with Gasteiger partial charge in [-0.15, -0.1) is 5.10 Å². The second-order valence-corrected chi connectivity index (χ2v) is 6.12. The predicted molar refractivity (Wildman–Crippen MR) is 95.6 cm³/mol. The normalized spacial score (nSPS) is 13.3. The van der Waals surface area contributed by atoms with Crippen molar-refractivity contribution >= 4 is 29.0 Å². The number of hydrogen-bond acceptors (Lipinski definition) is 5. The van der Waals surface area contributed by atoms with Crippen LogP contribution in [0.5, 0.6) is 0 Å². The molecule has 0 saturated carbocycles. The molecule has 0 bridgehead atoms. The highest BCUT2D eigenvalue weighted by Gasteiger charge is 2.14. The van der Waals surface area contributed by atoms with E-state index in [9.17, 15) is 9.59 Å². The van der Waals surface area contributed by atoms with Crippen LogP contribution in [-0.2, 0) is 22.6 Å². The topological polar surface area (TPSA) is 92.2 Å². The Balaban J connectivity index is 1.60. The van der Waals surface area contributed by atoms with Crippen LogP contribution in [0.25, 0.3) is 0 Å². The molecule has 0 radical (unpaired) electrons. The number of anilines is 3. The van der Waals surface area contributed by atoms with Gasteiger partial charge in [-0.2, -0.15) is 0 Å². The number of benzene rings is 1. The standard InChI is InChI=1S/C17H22N6O2/c1-3-16(24)19-15-10-23(21-20-15)11-17(25)18-13-6-7-14-12(9-13)5-4-8-22(14)2/h6-7,9-10H,3-5,8,11H2,1-2H3,(H,18,25)(H,19,24). The number of hydrogen-bond donors (Lipinski definition) is 2. The number of fused-ring (bicyclic) bond motifs is 1. The van der Waals surface area contributed by atoms with Crippen molar-refractivity contribution in [1.29, 1.82) is 0 Å². The number of rotatable bonds is 5. The number of carbonyl (C=O) groups excluding carboxylic acids is 2. The molecule has 2 heterocycles. The van der Waals surface area contributed by atoms with Gasteiger partial charge in [-0.3, -0.25) is 9.59 Å². The van der Waals surface area contributed by atoms with Crippen LogP contribution in [0.4, 0.5) is 17.2 Å². The van der Waals surface area contributed by atoms with E-state index in [-0.39, 0.29) is 18.4 Å². The lowest BCUT2D eigenvalue weighted by atomic mass is 10.0. The molecule has 3 rings (SSSR count). The molecule has 0 unspecified atom stereocenters. The molecule has 2 amide bonds. The molecule has 132 valence electrons. The fraction of sp³-hybridized carbons (Fsp3) is 0.412. The highest BCUT2D eigenvalue weighted by atomic mass is 16.2. The van der Waals surface area contributed by atoms with Gasteiger partial charge in [0.1, 0.15) is 6.54 Å². The number of aromatic nitrogens is 3. The van der Waals surface area contributed by atoms with Gasteiger partial charge in [0.2, 0.25) is 11.8 Å². The molecule has 0 saturated heterocycles. The minimum atomic E-state index is -0.192. The largest absolute Gasteiger partial charge is 0.374 e. The van der Waals surface area contributed by atoms with Crippen LogP contribution >= 0.6 is 0 Å². The minimum absolute atomic E-state index is 0.0337. The molecular formula is C17H22N6O2. The molecule has 8 heteroatoms. The van der Waals surface area contributed by atoms with Gasteiger partial charge in [-0.25, -0.2) is 4.68 Å². The first-order valence-corrected chi connectivity index (χ1v) is 8.39.